The van der Waals surface area contributed by atoms with Gasteiger partial charge in [0.2, 0.25) is 0 Å². The van der Waals surface area contributed by atoms with Gasteiger partial charge in [-0.05, 0) is 26.3 Å². The summed E-state index contributed by atoms with van der Waals surface area (Å²) in [7, 11) is 0. The normalized spacial score (nSPS) is 11.6. The molecule has 0 fully saturated rings. The van der Waals surface area contributed by atoms with Crippen LogP contribution in [-0.2, 0) is 0 Å². The fourth-order valence-corrected chi connectivity index (χ4v) is 0.217. The lowest BCUT2D eigenvalue weighted by molar-refractivity contribution is 1.40. The van der Waals surface area contributed by atoms with Crippen molar-refractivity contribution >= 4 is 5.71 Å². The van der Waals surface area contributed by atoms with E-state index >= 15 is 0 Å². The van der Waals surface area contributed by atoms with E-state index in [9.17, 15) is 0 Å². The standard InChI is InChI=1S/C6H11N/c1-4-5(2)6(3)7/h4,7H,1-3H3. The highest BCUT2D eigenvalue weighted by molar-refractivity contribution is 5.94. The van der Waals surface area contributed by atoms with E-state index in [0.29, 0.717) is 5.71 Å². The average molecular weight is 97.2 g/mol. The van der Waals surface area contributed by atoms with Crippen molar-refractivity contribution in [2.45, 2.75) is 20.8 Å². The first-order valence-electron chi connectivity index (χ1n) is 2.37. The molecule has 0 amide bonds. The van der Waals surface area contributed by atoms with Crippen molar-refractivity contribution in [3.8, 4) is 0 Å². The molecule has 40 valence electrons. The molecule has 0 saturated carbocycles. The zero-order valence-electron chi connectivity index (χ0n) is 5.08. The summed E-state index contributed by atoms with van der Waals surface area (Å²) in [5, 5.41) is 7.03. The minimum Gasteiger partial charge on any atom is -0.305 e. The van der Waals surface area contributed by atoms with Gasteiger partial charge in [0.1, 0.15) is 0 Å². The molecule has 0 aromatic rings. The third-order valence-corrected chi connectivity index (χ3v) is 1.02. The Kier molecular flexibility index (Phi) is 2.34. The highest BCUT2D eigenvalue weighted by Crippen LogP contribution is 1.90. The lowest BCUT2D eigenvalue weighted by Crippen LogP contribution is -1.87. The van der Waals surface area contributed by atoms with Crippen molar-refractivity contribution in [3.63, 3.8) is 0 Å². The maximum absolute atomic E-state index is 7.03. The van der Waals surface area contributed by atoms with Gasteiger partial charge in [-0.15, -0.1) is 0 Å². The maximum atomic E-state index is 7.03. The summed E-state index contributed by atoms with van der Waals surface area (Å²) in [5.41, 5.74) is 1.71. The van der Waals surface area contributed by atoms with E-state index in [1.54, 1.807) is 6.92 Å². The Balaban J connectivity index is 3.82. The minimum atomic E-state index is 0.655. The third kappa shape index (κ3) is 2.15. The predicted molar refractivity (Wildman–Crippen MR) is 32.8 cm³/mol. The summed E-state index contributed by atoms with van der Waals surface area (Å²) in [6.07, 6.45) is 1.93. The molecule has 0 saturated heterocycles. The summed E-state index contributed by atoms with van der Waals surface area (Å²) in [5.74, 6) is 0. The van der Waals surface area contributed by atoms with Crippen molar-refractivity contribution in [2.24, 2.45) is 0 Å². The zero-order chi connectivity index (χ0) is 5.86. The van der Waals surface area contributed by atoms with Gasteiger partial charge in [-0.25, -0.2) is 0 Å². The molecule has 0 heterocycles. The van der Waals surface area contributed by atoms with Crippen molar-refractivity contribution < 1.29 is 0 Å². The van der Waals surface area contributed by atoms with Gasteiger partial charge in [0.15, 0.2) is 0 Å². The Labute approximate surface area is 44.6 Å². The first-order valence-corrected chi connectivity index (χ1v) is 2.37. The number of hydrogen-bond acceptors (Lipinski definition) is 1. The van der Waals surface area contributed by atoms with Crippen LogP contribution in [0.4, 0.5) is 0 Å². The molecular formula is C6H11N. The minimum absolute atomic E-state index is 0.655. The van der Waals surface area contributed by atoms with Crippen LogP contribution in [-0.4, -0.2) is 5.71 Å². The van der Waals surface area contributed by atoms with Gasteiger partial charge >= 0.3 is 0 Å². The van der Waals surface area contributed by atoms with Crippen LogP contribution >= 0.6 is 0 Å². The molecule has 0 atom stereocenters. The van der Waals surface area contributed by atoms with Crippen LogP contribution in [0.2, 0.25) is 0 Å². The molecule has 0 aliphatic carbocycles. The molecule has 0 aromatic heterocycles. The van der Waals surface area contributed by atoms with E-state index in [-0.39, 0.29) is 0 Å². The molecular weight excluding hydrogens is 86.1 g/mol. The SMILES string of the molecule is CC=C(C)C(C)=N. The Morgan fingerprint density at radius 2 is 1.86 bits per heavy atom. The van der Waals surface area contributed by atoms with E-state index < -0.39 is 0 Å². The quantitative estimate of drug-likeness (QED) is 0.484. The van der Waals surface area contributed by atoms with Crippen LogP contribution in [0.3, 0.4) is 0 Å². The number of allylic oxidation sites excluding steroid dienone is 2. The first kappa shape index (κ1) is 6.41. The van der Waals surface area contributed by atoms with Crippen LogP contribution < -0.4 is 0 Å². The third-order valence-electron chi connectivity index (χ3n) is 1.02. The van der Waals surface area contributed by atoms with Crippen LogP contribution in [0.1, 0.15) is 20.8 Å². The highest BCUT2D eigenvalue weighted by atomic mass is 14.4. The van der Waals surface area contributed by atoms with Gasteiger partial charge < -0.3 is 5.41 Å². The van der Waals surface area contributed by atoms with E-state index in [1.165, 1.54) is 0 Å². The Morgan fingerprint density at radius 3 is 1.86 bits per heavy atom. The molecule has 0 aromatic carbocycles. The molecule has 0 radical (unpaired) electrons. The molecule has 1 nitrogen and oxygen atoms in total. The lowest BCUT2D eigenvalue weighted by atomic mass is 10.2. The topological polar surface area (TPSA) is 23.9 Å². The van der Waals surface area contributed by atoms with Gasteiger partial charge in [0.05, 0.1) is 0 Å². The molecule has 1 heteroatoms. The summed E-state index contributed by atoms with van der Waals surface area (Å²) < 4.78 is 0. The summed E-state index contributed by atoms with van der Waals surface area (Å²) in [6.45, 7) is 5.66. The summed E-state index contributed by atoms with van der Waals surface area (Å²) >= 11 is 0. The molecule has 0 bridgehead atoms. The molecule has 0 unspecified atom stereocenters. The second kappa shape index (κ2) is 2.56. The van der Waals surface area contributed by atoms with Crippen LogP contribution in [0.15, 0.2) is 11.6 Å². The van der Waals surface area contributed by atoms with Crippen LogP contribution in [0.25, 0.3) is 0 Å². The zero-order valence-corrected chi connectivity index (χ0v) is 5.08. The van der Waals surface area contributed by atoms with Gasteiger partial charge in [-0.3, -0.25) is 0 Å². The second-order valence-corrected chi connectivity index (χ2v) is 1.60. The van der Waals surface area contributed by atoms with Crippen molar-refractivity contribution in [2.75, 3.05) is 0 Å². The number of rotatable bonds is 1. The number of hydrogen-bond donors (Lipinski definition) is 1. The Hall–Kier alpha value is -0.590. The lowest BCUT2D eigenvalue weighted by Gasteiger charge is -1.89. The van der Waals surface area contributed by atoms with E-state index in [1.807, 2.05) is 19.9 Å². The van der Waals surface area contributed by atoms with Gasteiger partial charge in [0, 0.05) is 5.71 Å². The highest BCUT2D eigenvalue weighted by Gasteiger charge is 1.84. The van der Waals surface area contributed by atoms with Crippen molar-refractivity contribution in [1.29, 1.82) is 5.41 Å². The average Bonchev–Trinajstić information content (AvgIpc) is 1.65. The Bertz CT molecular complexity index is 101. The second-order valence-electron chi connectivity index (χ2n) is 1.60. The van der Waals surface area contributed by atoms with Crippen LogP contribution in [0, 0.1) is 5.41 Å². The summed E-state index contributed by atoms with van der Waals surface area (Å²) in [4.78, 5) is 0. The molecule has 0 aliphatic rings. The maximum Gasteiger partial charge on any atom is 0.0308 e. The summed E-state index contributed by atoms with van der Waals surface area (Å²) in [6, 6.07) is 0. The molecule has 0 rings (SSSR count). The van der Waals surface area contributed by atoms with E-state index in [0.717, 1.165) is 5.57 Å². The molecule has 1 N–H and O–H groups in total. The van der Waals surface area contributed by atoms with Gasteiger partial charge in [0.25, 0.3) is 0 Å². The molecule has 0 aliphatic heterocycles. The van der Waals surface area contributed by atoms with Crippen molar-refractivity contribution in [1.82, 2.24) is 0 Å². The Morgan fingerprint density at radius 1 is 1.43 bits per heavy atom. The number of nitrogens with one attached hydrogen (secondary N) is 1. The van der Waals surface area contributed by atoms with E-state index in [2.05, 4.69) is 0 Å². The van der Waals surface area contributed by atoms with Crippen LogP contribution in [0.5, 0.6) is 0 Å². The largest absolute Gasteiger partial charge is 0.305 e. The van der Waals surface area contributed by atoms with Gasteiger partial charge in [-0.2, -0.15) is 0 Å². The van der Waals surface area contributed by atoms with Gasteiger partial charge in [-0.1, -0.05) is 6.08 Å². The van der Waals surface area contributed by atoms with E-state index in [4.69, 9.17) is 5.41 Å². The fourth-order valence-electron chi connectivity index (χ4n) is 0.217. The fraction of sp³-hybridized carbons (Fsp3) is 0.500. The monoisotopic (exact) mass is 97.1 g/mol. The molecule has 7 heavy (non-hydrogen) atoms. The first-order chi connectivity index (χ1) is 3.18. The van der Waals surface area contributed by atoms with Crippen molar-refractivity contribution in [3.05, 3.63) is 11.6 Å². The predicted octanol–water partition coefficient (Wildman–Crippen LogP) is 1.99. The smallest absolute Gasteiger partial charge is 0.0308 e. The molecule has 0 spiro atoms.